The number of aliphatic hydroxyl groups excluding tert-OH is 1. The molecule has 39 nitrogen and oxygen atoms in total. The van der Waals surface area contributed by atoms with E-state index in [0.717, 1.165) is 26.5 Å². The number of aliphatic hydroxyl groups is 1. The van der Waals surface area contributed by atoms with Crippen molar-refractivity contribution in [3.05, 3.63) is 120 Å². The molecule has 15 amide bonds. The molecule has 6 heterocycles. The Morgan fingerprint density at radius 3 is 1.46 bits per heavy atom. The number of nitrogens with two attached hydrogens (primary N) is 2. The second-order valence-electron chi connectivity index (χ2n) is 28.0. The summed E-state index contributed by atoms with van der Waals surface area (Å²) in [7, 11) is 1.57. The maximum atomic E-state index is 15.4. The number of carbonyl (C=O) groups is 16. The Morgan fingerprint density at radius 1 is 0.491 bits per heavy atom. The molecule has 5 fully saturated rings. The average Bonchev–Trinajstić information content (AvgIpc) is 1.63. The van der Waals surface area contributed by atoms with Crippen LogP contribution in [0.15, 0.2) is 97.5 Å². The van der Waals surface area contributed by atoms with Crippen LogP contribution in [0.4, 0.5) is 0 Å². The van der Waals surface area contributed by atoms with Gasteiger partial charge < -0.3 is 110 Å². The lowest BCUT2D eigenvalue weighted by Crippen LogP contribution is -2.61. The van der Waals surface area contributed by atoms with Gasteiger partial charge in [-0.3, -0.25) is 82.1 Å². The zero-order valence-corrected chi connectivity index (χ0v) is 63.6. The Labute approximate surface area is 661 Å². The number of fused-ring (bicyclic) bond motifs is 8. The van der Waals surface area contributed by atoms with Crippen molar-refractivity contribution in [1.82, 2.24) is 88.5 Å². The number of imidazole rings is 1. The Hall–Kier alpha value is -11.9. The van der Waals surface area contributed by atoms with E-state index in [0.29, 0.717) is 16.7 Å². The number of aliphatic carboxylic acids is 1. The Kier molecular flexibility index (Phi) is 31.4. The van der Waals surface area contributed by atoms with Gasteiger partial charge in [-0.1, -0.05) is 94.4 Å². The smallest absolute Gasteiger partial charge is 0.305 e. The first-order valence-corrected chi connectivity index (χ1v) is 39.6. The molecule has 114 heavy (non-hydrogen) atoms. The standard InChI is InChI=1S/C73H94N20O19S2/c74-57(96)31-47-60(100)79-34-58(97)81-45(27-39-11-3-1-4-12-39)62(102)89-52-36-113-114-37-53(67(107)87-49(28-40-13-5-2-6-14-40)70(110)91-24-8-16-54(91)68(108)84-47)90-64(104)48(32-59(98)99)85-69(109)55-17-9-25-92(55)72(112)56-18-10-26-93(56)71(111)50(29-41-19-21-43(95)22-20-41)86-65(105)51(35-94)88-61(101)44(15-7-23-78-73(75)76)82-63(103)46(83-66(52)106)30-42-33-77-38-80-42/h1-6,11-14,19-22,33,38,44-56,94-95H,7-10,15-18,23-32,34-37H2,(H2,74,96)(H,77,80)(H,79,100)(H,81,97)(H,82,103)(H,83,106)(H,84,108)(H,85,109)(H,86,105)(H,87,107)(H,88,101)(H,89,102)(H,90,104)(H,98,99)(H4,75,76,78)/t44-,45-,46-,47-,48-,49-,50-,51-,52-,53-,54-,55-,56-/m0/s1. The fraction of sp³-hybridized carbons (Fsp3) is 0.479. The molecular formula is C73H94N20O19S2. The molecule has 0 aliphatic carbocycles. The van der Waals surface area contributed by atoms with Crippen LogP contribution in [0, 0.1) is 5.41 Å². The van der Waals surface area contributed by atoms with Crippen LogP contribution in [0.5, 0.6) is 5.75 Å². The number of aromatic nitrogens is 2. The number of amides is 15. The van der Waals surface area contributed by atoms with Gasteiger partial charge in [0.2, 0.25) is 88.6 Å². The molecule has 1 aromatic heterocycles. The van der Waals surface area contributed by atoms with Gasteiger partial charge in [-0.15, -0.1) is 0 Å². The molecule has 5 aliphatic heterocycles. The Bertz CT molecular complexity index is 4170. The largest absolute Gasteiger partial charge is 0.508 e. The maximum Gasteiger partial charge on any atom is 0.305 e. The molecule has 13 atom stereocenters. The molecular weight excluding hydrogens is 1530 g/mol. The number of aromatic amines is 1. The molecule has 0 radical (unpaired) electrons. The lowest BCUT2D eigenvalue weighted by molar-refractivity contribution is -0.148. The number of rotatable bonds is 17. The molecule has 5 aliphatic rings. The summed E-state index contributed by atoms with van der Waals surface area (Å²) >= 11 is 0. The molecule has 9 rings (SSSR count). The first-order valence-electron chi connectivity index (χ1n) is 37.1. The first kappa shape index (κ1) is 86.1. The van der Waals surface area contributed by atoms with E-state index in [1.165, 1.54) is 46.6 Å². The van der Waals surface area contributed by atoms with Gasteiger partial charge in [0.1, 0.15) is 84.3 Å². The van der Waals surface area contributed by atoms with Crippen LogP contribution in [-0.4, -0.2) is 270 Å². The molecule has 5 saturated heterocycles. The molecule has 4 aromatic rings. The van der Waals surface area contributed by atoms with Crippen LogP contribution >= 0.6 is 21.6 Å². The number of benzene rings is 3. The number of carbonyl (C=O) groups excluding carboxylic acids is 15. The van der Waals surface area contributed by atoms with Crippen LogP contribution in [-0.2, 0) is 102 Å². The van der Waals surface area contributed by atoms with E-state index in [-0.39, 0.29) is 108 Å². The normalized spacial score (nSPS) is 26.2. The summed E-state index contributed by atoms with van der Waals surface area (Å²) in [5.41, 5.74) is 12.7. The number of hydrogen-bond donors (Lipinski definition) is 19. The Balaban J connectivity index is 1.15. The number of hydrogen-bond acceptors (Lipinski definition) is 22. The van der Waals surface area contributed by atoms with Crippen molar-refractivity contribution in [3.8, 4) is 5.75 Å². The van der Waals surface area contributed by atoms with Crippen LogP contribution in [0.2, 0.25) is 0 Å². The summed E-state index contributed by atoms with van der Waals surface area (Å²) in [5, 5.41) is 69.8. The van der Waals surface area contributed by atoms with Crippen molar-refractivity contribution in [2.24, 2.45) is 11.5 Å². The fourth-order valence-electron chi connectivity index (χ4n) is 13.8. The van der Waals surface area contributed by atoms with E-state index in [2.05, 4.69) is 73.8 Å². The van der Waals surface area contributed by atoms with E-state index in [4.69, 9.17) is 16.9 Å². The number of guanidine groups is 1. The van der Waals surface area contributed by atoms with Crippen molar-refractivity contribution >= 4 is 122 Å². The quantitative estimate of drug-likeness (QED) is 0.0203. The molecule has 41 heteroatoms. The molecule has 612 valence electrons. The van der Waals surface area contributed by atoms with Gasteiger partial charge in [0.25, 0.3) is 0 Å². The highest BCUT2D eigenvalue weighted by Crippen LogP contribution is 2.29. The second-order valence-corrected chi connectivity index (χ2v) is 30.5. The minimum absolute atomic E-state index is 0.00566. The monoisotopic (exact) mass is 1620 g/mol. The number of nitrogens with zero attached hydrogens (tertiary/aromatic N) is 4. The predicted octanol–water partition coefficient (Wildman–Crippen LogP) is -5.66. The van der Waals surface area contributed by atoms with Crippen molar-refractivity contribution in [2.45, 2.75) is 168 Å². The molecule has 0 saturated carbocycles. The van der Waals surface area contributed by atoms with Gasteiger partial charge in [0.15, 0.2) is 5.96 Å². The summed E-state index contributed by atoms with van der Waals surface area (Å²) in [6.45, 7) is -2.25. The SMILES string of the molecule is N=C(N)NCCC[C@@H]1NC(=O)[C@H](Cc2cnc[nH]2)NC(=O)[C@@H]2CSSC[C@H](NC(=O)[C@H](CC(=O)O)NC(=O)[C@@H]3CCCN3C(=O)[C@@H]3CCCN3C(=O)[C@H](Cc3ccc(O)cc3)NC(=O)[C@H](CO)NC1=O)C(=O)N[C@@H](Cc1ccccc1)C(=O)N1CCC[C@H]1C(=O)N[C@@H](CC(N)=O)C(=O)NCC(=O)N[C@@H](Cc1ccccc1)C(=O)N2. The third kappa shape index (κ3) is 24.6. The molecule has 3 aromatic carbocycles. The van der Waals surface area contributed by atoms with Crippen LogP contribution < -0.4 is 75.3 Å². The minimum Gasteiger partial charge on any atom is -0.508 e. The van der Waals surface area contributed by atoms with Crippen molar-refractivity contribution in [1.29, 1.82) is 5.41 Å². The van der Waals surface area contributed by atoms with Crippen molar-refractivity contribution < 1.29 is 92.0 Å². The highest BCUT2D eigenvalue weighted by atomic mass is 33.1. The van der Waals surface area contributed by atoms with Crippen LogP contribution in [0.1, 0.15) is 86.6 Å². The third-order valence-electron chi connectivity index (χ3n) is 19.7. The summed E-state index contributed by atoms with van der Waals surface area (Å²) in [4.78, 5) is 244. The number of aromatic hydroxyl groups is 1. The topological polar surface area (TPSA) is 592 Å². The highest BCUT2D eigenvalue weighted by molar-refractivity contribution is 8.76. The zero-order valence-electron chi connectivity index (χ0n) is 61.9. The predicted molar refractivity (Wildman–Crippen MR) is 408 cm³/mol. The van der Waals surface area contributed by atoms with E-state index in [9.17, 15) is 53.7 Å². The van der Waals surface area contributed by atoms with Crippen LogP contribution in [0.3, 0.4) is 0 Å². The number of carboxylic acids is 1. The zero-order chi connectivity index (χ0) is 82.1. The lowest BCUT2D eigenvalue weighted by Gasteiger charge is -2.33. The molecule has 2 bridgehead atoms. The highest BCUT2D eigenvalue weighted by Gasteiger charge is 2.46. The number of H-pyrrole nitrogens is 1. The van der Waals surface area contributed by atoms with E-state index in [1.807, 2.05) is 0 Å². The molecule has 0 unspecified atom stereocenters. The van der Waals surface area contributed by atoms with E-state index in [1.54, 1.807) is 60.7 Å². The fourth-order valence-corrected chi connectivity index (χ4v) is 16.2. The Morgan fingerprint density at radius 2 is 0.930 bits per heavy atom. The van der Waals surface area contributed by atoms with E-state index < -0.39 is 223 Å². The van der Waals surface area contributed by atoms with E-state index >= 15 is 38.4 Å². The minimum atomic E-state index is -2.02. The molecule has 0 spiro atoms. The summed E-state index contributed by atoms with van der Waals surface area (Å²) < 4.78 is 0. The van der Waals surface area contributed by atoms with Crippen molar-refractivity contribution in [2.75, 3.05) is 50.8 Å². The lowest BCUT2D eigenvalue weighted by atomic mass is 10.0. The van der Waals surface area contributed by atoms with Crippen molar-refractivity contribution in [3.63, 3.8) is 0 Å². The van der Waals surface area contributed by atoms with Gasteiger partial charge in [0.05, 0.1) is 32.3 Å². The average molecular weight is 1620 g/mol. The number of primary amides is 1. The van der Waals surface area contributed by atoms with Gasteiger partial charge in [-0.05, 0) is 80.2 Å². The maximum absolute atomic E-state index is 15.4. The molecule has 21 N–H and O–H groups in total. The first-order chi connectivity index (χ1) is 54.6. The number of phenolic OH excluding ortho intramolecular Hbond substituents is 1. The number of phenols is 1. The van der Waals surface area contributed by atoms with Gasteiger partial charge in [0, 0.05) is 75.3 Å². The summed E-state index contributed by atoms with van der Waals surface area (Å²) in [6, 6.07) is 0.548. The van der Waals surface area contributed by atoms with Gasteiger partial charge in [-0.2, -0.15) is 0 Å². The number of carboxylic acid groups (broad SMARTS) is 1. The summed E-state index contributed by atoms with van der Waals surface area (Å²) in [6.07, 6.45) is -0.256. The second kappa shape index (κ2) is 41.6. The van der Waals surface area contributed by atoms with Gasteiger partial charge in [-0.25, -0.2) is 4.98 Å². The van der Waals surface area contributed by atoms with Crippen LogP contribution in [0.25, 0.3) is 0 Å². The third-order valence-corrected chi connectivity index (χ3v) is 22.1. The van der Waals surface area contributed by atoms with Gasteiger partial charge >= 0.3 is 5.97 Å². The summed E-state index contributed by atoms with van der Waals surface area (Å²) in [5.74, 6) is -18.7. The number of nitrogens with one attached hydrogen (secondary N) is 14.